The number of carbonyl (C=O) groups is 1. The lowest BCUT2D eigenvalue weighted by molar-refractivity contribution is -0.134. The maximum Gasteiger partial charge on any atom is 0.265 e. The Morgan fingerprint density at radius 3 is 2.45 bits per heavy atom. The number of nitrogens with one attached hydrogen (secondary N) is 2. The normalized spacial score (nSPS) is 20.3. The molecule has 33 heavy (non-hydrogen) atoms. The van der Waals surface area contributed by atoms with Crippen LogP contribution in [0.25, 0.3) is 0 Å². The molecule has 9 heteroatoms. The van der Waals surface area contributed by atoms with Crippen LogP contribution in [0.1, 0.15) is 18.9 Å². The van der Waals surface area contributed by atoms with E-state index >= 15 is 0 Å². The van der Waals surface area contributed by atoms with Gasteiger partial charge in [-0.1, -0.05) is 18.1 Å². The van der Waals surface area contributed by atoms with Gasteiger partial charge in [0.05, 0.1) is 12.0 Å². The maximum atomic E-state index is 13.9. The van der Waals surface area contributed by atoms with Gasteiger partial charge in [-0.2, -0.15) is 0 Å². The first-order chi connectivity index (χ1) is 15.9. The number of methoxy groups -OCH3 is 1. The highest BCUT2D eigenvalue weighted by molar-refractivity contribution is 7.93. The van der Waals surface area contributed by atoms with Crippen LogP contribution in [0.5, 0.6) is 11.5 Å². The summed E-state index contributed by atoms with van der Waals surface area (Å²) >= 11 is 0. The zero-order valence-corrected chi connectivity index (χ0v) is 19.4. The minimum absolute atomic E-state index is 0.0124. The number of carbonyl (C=O) groups excluding carboxylic acids is 1. The molecule has 8 nitrogen and oxygen atoms in total. The molecule has 1 aliphatic rings. The highest BCUT2D eigenvalue weighted by atomic mass is 32.2. The van der Waals surface area contributed by atoms with E-state index in [2.05, 4.69) is 17.2 Å². The van der Waals surface area contributed by atoms with Gasteiger partial charge in [0.1, 0.15) is 18.1 Å². The highest BCUT2D eigenvalue weighted by Crippen LogP contribution is 2.40. The zero-order valence-electron chi connectivity index (χ0n) is 18.6. The van der Waals surface area contributed by atoms with E-state index in [0.29, 0.717) is 31.0 Å². The first-order valence-corrected chi connectivity index (χ1v) is 12.0. The van der Waals surface area contributed by atoms with Crippen LogP contribution in [0.15, 0.2) is 53.4 Å². The molecular weight excluding hydrogens is 444 g/mol. The molecule has 2 unspecified atom stereocenters. The van der Waals surface area contributed by atoms with Crippen LogP contribution in [0.3, 0.4) is 0 Å². The predicted molar refractivity (Wildman–Crippen MR) is 123 cm³/mol. The van der Waals surface area contributed by atoms with E-state index in [1.165, 1.54) is 24.3 Å². The van der Waals surface area contributed by atoms with E-state index in [-0.39, 0.29) is 17.9 Å². The van der Waals surface area contributed by atoms with Crippen LogP contribution in [0.2, 0.25) is 0 Å². The van der Waals surface area contributed by atoms with Crippen LogP contribution in [0, 0.1) is 17.8 Å². The number of sulfone groups is 1. The summed E-state index contributed by atoms with van der Waals surface area (Å²) in [7, 11) is -2.61. The van der Waals surface area contributed by atoms with Gasteiger partial charge in [0.15, 0.2) is 14.6 Å². The average Bonchev–Trinajstić information content (AvgIpc) is 2.84. The van der Waals surface area contributed by atoms with Gasteiger partial charge in [-0.25, -0.2) is 13.9 Å². The number of amides is 1. The summed E-state index contributed by atoms with van der Waals surface area (Å²) in [6.45, 7) is 2.51. The van der Waals surface area contributed by atoms with Gasteiger partial charge in [0, 0.05) is 12.5 Å². The molecule has 1 fully saturated rings. The third kappa shape index (κ3) is 4.98. The van der Waals surface area contributed by atoms with Gasteiger partial charge in [-0.15, -0.1) is 5.92 Å². The Morgan fingerprint density at radius 2 is 1.85 bits per heavy atom. The molecular formula is C24H28N2O6S. The first kappa shape index (κ1) is 24.6. The molecule has 2 aromatic rings. The second kappa shape index (κ2) is 10.7. The fraction of sp³-hybridized carbons (Fsp3) is 0.375. The lowest BCUT2D eigenvalue weighted by Crippen LogP contribution is -2.63. The molecule has 1 saturated heterocycles. The Balaban J connectivity index is 1.98. The van der Waals surface area contributed by atoms with Crippen molar-refractivity contribution in [3.63, 3.8) is 0 Å². The Hall–Kier alpha value is -3.06. The lowest BCUT2D eigenvalue weighted by atomic mass is 9.80. The molecule has 1 heterocycles. The van der Waals surface area contributed by atoms with E-state index in [1.807, 2.05) is 12.1 Å². The Bertz CT molecular complexity index is 1120. The number of hydrogen-bond donors (Lipinski definition) is 3. The molecule has 1 aliphatic heterocycles. The molecule has 0 aliphatic carbocycles. The monoisotopic (exact) mass is 472 g/mol. The largest absolute Gasteiger partial charge is 0.497 e. The number of piperidine rings is 1. The fourth-order valence-electron chi connectivity index (χ4n) is 4.19. The molecule has 0 bridgehead atoms. The summed E-state index contributed by atoms with van der Waals surface area (Å²) in [6, 6.07) is 13.2. The summed E-state index contributed by atoms with van der Waals surface area (Å²) < 4.78 is 36.6. The van der Waals surface area contributed by atoms with Crippen molar-refractivity contribution in [2.45, 2.75) is 29.4 Å². The average molecular weight is 473 g/mol. The summed E-state index contributed by atoms with van der Waals surface area (Å²) in [5.41, 5.74) is 2.48. The lowest BCUT2D eigenvalue weighted by Gasteiger charge is -2.41. The van der Waals surface area contributed by atoms with Crippen molar-refractivity contribution in [3.05, 3.63) is 54.1 Å². The van der Waals surface area contributed by atoms with Crippen molar-refractivity contribution >= 4 is 15.7 Å². The van der Waals surface area contributed by atoms with Crippen LogP contribution >= 0.6 is 0 Å². The second-order valence-electron chi connectivity index (χ2n) is 7.72. The SMILES string of the molecule is CC#CCOc1ccc(S(=O)(=O)C2(C(=O)NO)CCNCC2Cc2ccc(OC)cc2)cc1. The van der Waals surface area contributed by atoms with E-state index < -0.39 is 26.4 Å². The number of ether oxygens (including phenoxy) is 2. The summed E-state index contributed by atoms with van der Waals surface area (Å²) in [5, 5.41) is 12.7. The summed E-state index contributed by atoms with van der Waals surface area (Å²) in [6.07, 6.45) is 0.341. The third-order valence-corrected chi connectivity index (χ3v) is 8.53. The van der Waals surface area contributed by atoms with Crippen LogP contribution in [-0.4, -0.2) is 51.1 Å². The fourth-order valence-corrected chi connectivity index (χ4v) is 6.37. The Kier molecular flexibility index (Phi) is 7.97. The summed E-state index contributed by atoms with van der Waals surface area (Å²) in [5.74, 6) is 5.09. The minimum Gasteiger partial charge on any atom is -0.497 e. The molecule has 3 rings (SSSR count). The molecule has 0 aromatic heterocycles. The van der Waals surface area contributed by atoms with E-state index in [1.54, 1.807) is 31.6 Å². The van der Waals surface area contributed by atoms with Crippen molar-refractivity contribution in [1.29, 1.82) is 0 Å². The molecule has 0 radical (unpaired) electrons. The van der Waals surface area contributed by atoms with E-state index in [4.69, 9.17) is 9.47 Å². The maximum absolute atomic E-state index is 13.9. The van der Waals surface area contributed by atoms with Gasteiger partial charge < -0.3 is 14.8 Å². The minimum atomic E-state index is -4.18. The van der Waals surface area contributed by atoms with E-state index in [0.717, 1.165) is 5.56 Å². The van der Waals surface area contributed by atoms with Gasteiger partial charge in [0.2, 0.25) is 0 Å². The standard InChI is InChI=1S/C24H28N2O6S/c1-3-4-15-32-21-9-11-22(12-10-21)33(29,30)24(23(27)26-28)13-14-25-17-19(24)16-18-5-7-20(31-2)8-6-18/h5-12,19,25,28H,13-17H2,1-2H3,(H,26,27). The molecule has 0 saturated carbocycles. The Labute approximate surface area is 194 Å². The molecule has 2 atom stereocenters. The van der Waals surface area contributed by atoms with Crippen LogP contribution in [-0.2, 0) is 21.1 Å². The van der Waals surface area contributed by atoms with Crippen LogP contribution in [0.4, 0.5) is 0 Å². The topological polar surface area (TPSA) is 114 Å². The highest BCUT2D eigenvalue weighted by Gasteiger charge is 2.57. The number of hydroxylamine groups is 1. The molecule has 176 valence electrons. The van der Waals surface area contributed by atoms with Gasteiger partial charge >= 0.3 is 0 Å². The van der Waals surface area contributed by atoms with Gasteiger partial charge in [-0.05, 0) is 68.3 Å². The molecule has 1 amide bonds. The van der Waals surface area contributed by atoms with Crippen molar-refractivity contribution in [2.24, 2.45) is 5.92 Å². The first-order valence-electron chi connectivity index (χ1n) is 10.5. The molecule has 0 spiro atoms. The molecule has 3 N–H and O–H groups in total. The third-order valence-electron chi connectivity index (χ3n) is 5.95. The number of benzene rings is 2. The molecule has 2 aromatic carbocycles. The van der Waals surface area contributed by atoms with Gasteiger partial charge in [-0.3, -0.25) is 10.0 Å². The number of hydrogen-bond acceptors (Lipinski definition) is 7. The Morgan fingerprint density at radius 1 is 1.18 bits per heavy atom. The van der Waals surface area contributed by atoms with E-state index in [9.17, 15) is 18.4 Å². The quantitative estimate of drug-likeness (QED) is 0.306. The second-order valence-corrected chi connectivity index (χ2v) is 9.93. The predicted octanol–water partition coefficient (Wildman–Crippen LogP) is 1.97. The van der Waals surface area contributed by atoms with Crippen LogP contribution < -0.4 is 20.3 Å². The zero-order chi connectivity index (χ0) is 23.9. The van der Waals surface area contributed by atoms with Crippen molar-refractivity contribution in [2.75, 3.05) is 26.8 Å². The van der Waals surface area contributed by atoms with Crippen molar-refractivity contribution in [3.8, 4) is 23.3 Å². The van der Waals surface area contributed by atoms with Crippen molar-refractivity contribution in [1.82, 2.24) is 10.8 Å². The summed E-state index contributed by atoms with van der Waals surface area (Å²) in [4.78, 5) is 13.0. The van der Waals surface area contributed by atoms with Crippen molar-refractivity contribution < 1.29 is 27.9 Å². The van der Waals surface area contributed by atoms with Gasteiger partial charge in [0.25, 0.3) is 5.91 Å². The smallest absolute Gasteiger partial charge is 0.265 e. The number of rotatable bonds is 8.